The number of aromatic nitrogens is 2. The molecule has 1 aliphatic carbocycles. The molecule has 0 atom stereocenters. The minimum absolute atomic E-state index is 0.0263. The first-order valence-electron chi connectivity index (χ1n) is 10.6. The highest BCUT2D eigenvalue weighted by atomic mass is 19.1. The number of methoxy groups -OCH3 is 1. The van der Waals surface area contributed by atoms with Gasteiger partial charge in [-0.2, -0.15) is 5.10 Å². The van der Waals surface area contributed by atoms with Gasteiger partial charge in [0.15, 0.2) is 0 Å². The van der Waals surface area contributed by atoms with Crippen molar-refractivity contribution in [2.75, 3.05) is 7.11 Å². The van der Waals surface area contributed by atoms with E-state index in [-0.39, 0.29) is 11.7 Å². The molecule has 0 aliphatic heterocycles. The van der Waals surface area contributed by atoms with Crippen LogP contribution in [0.3, 0.4) is 0 Å². The summed E-state index contributed by atoms with van der Waals surface area (Å²) in [6.45, 7) is 2.01. The molecule has 0 unspecified atom stereocenters. The summed E-state index contributed by atoms with van der Waals surface area (Å²) in [6, 6.07) is 13.8. The van der Waals surface area contributed by atoms with Crippen molar-refractivity contribution < 1.29 is 18.7 Å². The average molecular weight is 423 g/mol. The van der Waals surface area contributed by atoms with Crippen molar-refractivity contribution in [3.05, 3.63) is 65.6 Å². The fourth-order valence-corrected chi connectivity index (χ4v) is 3.42. The molecule has 1 saturated carbocycles. The van der Waals surface area contributed by atoms with Crippen molar-refractivity contribution in [3.63, 3.8) is 0 Å². The molecule has 162 valence electrons. The molecule has 3 aromatic rings. The van der Waals surface area contributed by atoms with Gasteiger partial charge in [-0.15, -0.1) is 0 Å². The van der Waals surface area contributed by atoms with E-state index in [1.807, 2.05) is 31.2 Å². The van der Waals surface area contributed by atoms with Crippen molar-refractivity contribution in [1.82, 2.24) is 15.1 Å². The summed E-state index contributed by atoms with van der Waals surface area (Å²) < 4.78 is 26.9. The number of carbonyl (C=O) groups excluding carboxylic acids is 1. The molecular weight excluding hydrogens is 397 g/mol. The second-order valence-corrected chi connectivity index (χ2v) is 7.60. The molecule has 1 N–H and O–H groups in total. The zero-order chi connectivity index (χ0) is 21.8. The molecule has 6 nitrogen and oxygen atoms in total. The first-order chi connectivity index (χ1) is 15.1. The molecule has 7 heteroatoms. The van der Waals surface area contributed by atoms with Crippen molar-refractivity contribution >= 4 is 5.91 Å². The first kappa shape index (κ1) is 20.9. The maximum atomic E-state index is 13.8. The summed E-state index contributed by atoms with van der Waals surface area (Å²) in [5, 5.41) is 7.77. The Kier molecular flexibility index (Phi) is 6.21. The zero-order valence-corrected chi connectivity index (χ0v) is 17.7. The smallest absolute Gasteiger partial charge is 0.226 e. The van der Waals surface area contributed by atoms with Crippen molar-refractivity contribution in [2.45, 2.75) is 45.1 Å². The number of aryl methyl sites for hydroxylation is 1. The lowest BCUT2D eigenvalue weighted by molar-refractivity contribution is -0.121. The Hall–Kier alpha value is -3.35. The number of rotatable bonds is 9. The largest absolute Gasteiger partial charge is 0.497 e. The second kappa shape index (κ2) is 9.20. The van der Waals surface area contributed by atoms with Crippen LogP contribution in [0.25, 0.3) is 5.69 Å². The quantitative estimate of drug-likeness (QED) is 0.547. The molecule has 1 amide bonds. The molecule has 1 aliphatic rings. The SMILES string of the molecule is CCc1nn(-c2ccc(OC)cc2)c(Oc2cccc(F)c2)c1CCC(=O)NC1CC1. The van der Waals surface area contributed by atoms with Crippen LogP contribution in [0.2, 0.25) is 0 Å². The molecule has 2 aromatic carbocycles. The van der Waals surface area contributed by atoms with Gasteiger partial charge in [0.05, 0.1) is 18.5 Å². The van der Waals surface area contributed by atoms with E-state index in [1.54, 1.807) is 23.9 Å². The van der Waals surface area contributed by atoms with Crippen molar-refractivity contribution in [1.29, 1.82) is 0 Å². The van der Waals surface area contributed by atoms with Crippen LogP contribution < -0.4 is 14.8 Å². The van der Waals surface area contributed by atoms with Gasteiger partial charge in [0.1, 0.15) is 17.3 Å². The Bertz CT molecular complexity index is 1060. The molecule has 0 saturated heterocycles. The first-order valence-corrected chi connectivity index (χ1v) is 10.6. The number of nitrogens with zero attached hydrogens (tertiary/aromatic N) is 2. The highest BCUT2D eigenvalue weighted by Gasteiger charge is 2.25. The van der Waals surface area contributed by atoms with Crippen LogP contribution >= 0.6 is 0 Å². The van der Waals surface area contributed by atoms with Gasteiger partial charge in [0, 0.05) is 24.1 Å². The summed E-state index contributed by atoms with van der Waals surface area (Å²) in [7, 11) is 1.61. The van der Waals surface area contributed by atoms with E-state index in [2.05, 4.69) is 5.32 Å². The summed E-state index contributed by atoms with van der Waals surface area (Å²) in [6.07, 6.45) is 3.62. The second-order valence-electron chi connectivity index (χ2n) is 7.60. The third-order valence-electron chi connectivity index (χ3n) is 5.23. The molecule has 0 spiro atoms. The average Bonchev–Trinajstić information content (AvgIpc) is 3.52. The minimum atomic E-state index is -0.380. The normalized spacial score (nSPS) is 13.1. The van der Waals surface area contributed by atoms with Crippen LogP contribution in [-0.4, -0.2) is 28.8 Å². The number of hydrogen-bond acceptors (Lipinski definition) is 4. The van der Waals surface area contributed by atoms with Gasteiger partial charge < -0.3 is 14.8 Å². The van der Waals surface area contributed by atoms with Gasteiger partial charge in [-0.3, -0.25) is 4.79 Å². The molecule has 4 rings (SSSR count). The van der Waals surface area contributed by atoms with E-state index in [4.69, 9.17) is 14.6 Å². The van der Waals surface area contributed by atoms with E-state index in [0.29, 0.717) is 36.9 Å². The van der Waals surface area contributed by atoms with E-state index < -0.39 is 0 Å². The van der Waals surface area contributed by atoms with E-state index in [0.717, 1.165) is 35.5 Å². The van der Waals surface area contributed by atoms with Crippen LogP contribution in [0.1, 0.15) is 37.4 Å². The van der Waals surface area contributed by atoms with Crippen LogP contribution in [0.15, 0.2) is 48.5 Å². The number of amides is 1. The Morgan fingerprint density at radius 1 is 1.19 bits per heavy atom. The van der Waals surface area contributed by atoms with E-state index >= 15 is 0 Å². The Morgan fingerprint density at radius 2 is 1.97 bits per heavy atom. The molecule has 0 radical (unpaired) electrons. The monoisotopic (exact) mass is 423 g/mol. The Balaban J connectivity index is 1.69. The van der Waals surface area contributed by atoms with Crippen LogP contribution in [0.5, 0.6) is 17.4 Å². The highest BCUT2D eigenvalue weighted by Crippen LogP contribution is 2.33. The van der Waals surface area contributed by atoms with Crippen molar-refractivity contribution in [3.8, 4) is 23.1 Å². The molecule has 1 fully saturated rings. The summed E-state index contributed by atoms with van der Waals surface area (Å²) in [5.74, 6) is 1.25. The Labute approximate surface area is 181 Å². The summed E-state index contributed by atoms with van der Waals surface area (Å²) in [4.78, 5) is 12.3. The maximum absolute atomic E-state index is 13.8. The standard InChI is InChI=1S/C24H26FN3O3/c1-3-22-21(13-14-23(29)26-17-7-8-17)24(31-20-6-4-5-16(25)15-20)28(27-22)18-9-11-19(30-2)12-10-18/h4-6,9-12,15,17H,3,7-8,13-14H2,1-2H3,(H,26,29). The summed E-state index contributed by atoms with van der Waals surface area (Å²) in [5.41, 5.74) is 2.49. The topological polar surface area (TPSA) is 65.4 Å². The van der Waals surface area contributed by atoms with Crippen molar-refractivity contribution in [2.24, 2.45) is 0 Å². The van der Waals surface area contributed by atoms with Gasteiger partial charge >= 0.3 is 0 Å². The number of halogens is 1. The minimum Gasteiger partial charge on any atom is -0.497 e. The van der Waals surface area contributed by atoms with Gasteiger partial charge in [0.25, 0.3) is 0 Å². The third kappa shape index (κ3) is 5.05. The molecule has 1 aromatic heterocycles. The molecule has 0 bridgehead atoms. The highest BCUT2D eigenvalue weighted by molar-refractivity contribution is 5.77. The molecule has 31 heavy (non-hydrogen) atoms. The molecule has 1 heterocycles. The third-order valence-corrected chi connectivity index (χ3v) is 5.23. The number of nitrogens with one attached hydrogen (secondary N) is 1. The number of hydrogen-bond donors (Lipinski definition) is 1. The lowest BCUT2D eigenvalue weighted by Crippen LogP contribution is -2.25. The zero-order valence-electron chi connectivity index (χ0n) is 17.7. The number of carbonyl (C=O) groups is 1. The molecular formula is C24H26FN3O3. The number of ether oxygens (including phenoxy) is 2. The van der Waals surface area contributed by atoms with Gasteiger partial charge in [0.2, 0.25) is 11.8 Å². The fourth-order valence-electron chi connectivity index (χ4n) is 3.42. The van der Waals surface area contributed by atoms with Crippen LogP contribution in [0.4, 0.5) is 4.39 Å². The predicted octanol–water partition coefficient (Wildman–Crippen LogP) is 4.59. The van der Waals surface area contributed by atoms with Gasteiger partial charge in [-0.1, -0.05) is 13.0 Å². The Morgan fingerprint density at radius 3 is 2.61 bits per heavy atom. The van der Waals surface area contributed by atoms with Crippen LogP contribution in [-0.2, 0) is 17.6 Å². The number of benzene rings is 2. The van der Waals surface area contributed by atoms with Gasteiger partial charge in [-0.25, -0.2) is 9.07 Å². The van der Waals surface area contributed by atoms with Gasteiger partial charge in [-0.05, 0) is 62.1 Å². The maximum Gasteiger partial charge on any atom is 0.226 e. The predicted molar refractivity (Wildman–Crippen MR) is 115 cm³/mol. The van der Waals surface area contributed by atoms with Crippen LogP contribution in [0, 0.1) is 5.82 Å². The van der Waals surface area contributed by atoms with E-state index in [9.17, 15) is 9.18 Å². The fraction of sp³-hybridized carbons (Fsp3) is 0.333. The lowest BCUT2D eigenvalue weighted by atomic mass is 10.1. The summed E-state index contributed by atoms with van der Waals surface area (Å²) >= 11 is 0. The lowest BCUT2D eigenvalue weighted by Gasteiger charge is -2.12. The van der Waals surface area contributed by atoms with E-state index in [1.165, 1.54) is 12.1 Å².